The molecule has 1 aliphatic heterocycles. The van der Waals surface area contributed by atoms with Crippen LogP contribution in [-0.4, -0.2) is 12.1 Å². The van der Waals surface area contributed by atoms with Gasteiger partial charge in [0.25, 0.3) is 0 Å². The van der Waals surface area contributed by atoms with E-state index in [1.807, 2.05) is 48.5 Å². The maximum absolute atomic E-state index is 11.4. The number of hydrogen-bond donors (Lipinski definition) is 1. The van der Waals surface area contributed by atoms with Crippen molar-refractivity contribution in [1.29, 1.82) is 0 Å². The van der Waals surface area contributed by atoms with E-state index in [4.69, 9.17) is 16.3 Å². The first-order valence-electron chi connectivity index (χ1n) is 6.78. The highest BCUT2D eigenvalue weighted by Gasteiger charge is 2.28. The van der Waals surface area contributed by atoms with Crippen LogP contribution < -0.4 is 5.32 Å². The number of hydrogen-bond acceptors (Lipinski definition) is 3. The van der Waals surface area contributed by atoms with Crippen LogP contribution in [0.4, 0.5) is 5.69 Å². The molecule has 0 radical (unpaired) electrons. The van der Waals surface area contributed by atoms with E-state index >= 15 is 0 Å². The minimum absolute atomic E-state index is 0.179. The van der Waals surface area contributed by atoms with Gasteiger partial charge in [-0.2, -0.15) is 0 Å². The second-order valence-corrected chi connectivity index (χ2v) is 6.30. The van der Waals surface area contributed by atoms with Gasteiger partial charge in [-0.1, -0.05) is 39.7 Å². The number of benzene rings is 2. The van der Waals surface area contributed by atoms with Crippen molar-refractivity contribution in [3.05, 3.63) is 75.7 Å². The fourth-order valence-electron chi connectivity index (χ4n) is 2.35. The Hall–Kier alpha value is -1.78. The van der Waals surface area contributed by atoms with E-state index < -0.39 is 0 Å². The number of carbonyl (C=O) groups is 1. The van der Waals surface area contributed by atoms with Gasteiger partial charge in [0.2, 0.25) is 0 Å². The van der Waals surface area contributed by atoms with Crippen LogP contribution >= 0.6 is 27.5 Å². The minimum atomic E-state index is -0.350. The topological polar surface area (TPSA) is 38.3 Å². The lowest BCUT2D eigenvalue weighted by molar-refractivity contribution is -0.139. The van der Waals surface area contributed by atoms with Gasteiger partial charge in [-0.3, -0.25) is 0 Å². The summed E-state index contributed by atoms with van der Waals surface area (Å²) in [4.78, 5) is 11.4. The molecule has 0 saturated heterocycles. The summed E-state index contributed by atoms with van der Waals surface area (Å²) in [7, 11) is 0. The second kappa shape index (κ2) is 6.55. The molecule has 0 unspecified atom stereocenters. The van der Waals surface area contributed by atoms with E-state index in [2.05, 4.69) is 21.2 Å². The number of ether oxygens (including phenoxy) is 1. The van der Waals surface area contributed by atoms with Crippen molar-refractivity contribution in [3.63, 3.8) is 0 Å². The van der Waals surface area contributed by atoms with Gasteiger partial charge in [-0.25, -0.2) is 4.79 Å². The molecule has 0 aliphatic carbocycles. The van der Waals surface area contributed by atoms with Crippen molar-refractivity contribution in [2.75, 3.05) is 5.32 Å². The molecule has 1 N–H and O–H groups in total. The maximum atomic E-state index is 11.4. The quantitative estimate of drug-likeness (QED) is 0.781. The molecule has 0 fully saturated rings. The van der Waals surface area contributed by atoms with E-state index in [0.717, 1.165) is 15.7 Å². The van der Waals surface area contributed by atoms with E-state index in [0.29, 0.717) is 5.02 Å². The number of anilines is 1. The molecule has 2 atom stereocenters. The van der Waals surface area contributed by atoms with Crippen molar-refractivity contribution in [1.82, 2.24) is 0 Å². The highest BCUT2D eigenvalue weighted by atomic mass is 79.9. The molecule has 1 heterocycles. The third-order valence-corrected chi connectivity index (χ3v) is 4.12. The van der Waals surface area contributed by atoms with Crippen LogP contribution in [-0.2, 0) is 9.53 Å². The van der Waals surface area contributed by atoms with Crippen molar-refractivity contribution >= 4 is 39.2 Å². The lowest BCUT2D eigenvalue weighted by atomic mass is 10.0. The first kappa shape index (κ1) is 15.1. The van der Waals surface area contributed by atoms with Gasteiger partial charge >= 0.3 is 5.97 Å². The van der Waals surface area contributed by atoms with Gasteiger partial charge in [0.1, 0.15) is 6.10 Å². The first-order chi connectivity index (χ1) is 10.6. The summed E-state index contributed by atoms with van der Waals surface area (Å²) >= 11 is 9.39. The molecule has 0 aromatic heterocycles. The number of esters is 1. The van der Waals surface area contributed by atoms with E-state index in [1.165, 1.54) is 6.08 Å². The number of rotatable bonds is 4. The lowest BCUT2D eigenvalue weighted by Gasteiger charge is -2.25. The van der Waals surface area contributed by atoms with Gasteiger partial charge in [0.15, 0.2) is 0 Å². The number of nitrogens with one attached hydrogen (secondary N) is 1. The summed E-state index contributed by atoms with van der Waals surface area (Å²) in [5, 5.41) is 4.08. The van der Waals surface area contributed by atoms with Crippen LogP contribution in [0.2, 0.25) is 5.02 Å². The maximum Gasteiger partial charge on any atom is 0.331 e. The van der Waals surface area contributed by atoms with Crippen LogP contribution in [0.1, 0.15) is 11.6 Å². The van der Waals surface area contributed by atoms with Gasteiger partial charge in [-0.15, -0.1) is 0 Å². The molecule has 0 saturated carbocycles. The lowest BCUT2D eigenvalue weighted by Crippen LogP contribution is -2.25. The number of carbonyl (C=O) groups excluding carboxylic acids is 1. The predicted molar refractivity (Wildman–Crippen MR) is 91.0 cm³/mol. The molecule has 112 valence electrons. The van der Waals surface area contributed by atoms with Crippen LogP contribution in [0.25, 0.3) is 0 Å². The number of halogens is 2. The Morgan fingerprint density at radius 1 is 1.18 bits per heavy atom. The summed E-state index contributed by atoms with van der Waals surface area (Å²) in [6.45, 7) is 0. The monoisotopic (exact) mass is 377 g/mol. The fourth-order valence-corrected chi connectivity index (χ4v) is 2.89. The molecule has 22 heavy (non-hydrogen) atoms. The minimum Gasteiger partial charge on any atom is -0.452 e. The smallest absolute Gasteiger partial charge is 0.331 e. The summed E-state index contributed by atoms with van der Waals surface area (Å²) in [6.07, 6.45) is 2.88. The van der Waals surface area contributed by atoms with Crippen LogP contribution in [0.5, 0.6) is 0 Å². The van der Waals surface area contributed by atoms with E-state index in [-0.39, 0.29) is 18.1 Å². The van der Waals surface area contributed by atoms with Crippen LogP contribution in [0, 0.1) is 0 Å². The Morgan fingerprint density at radius 3 is 2.59 bits per heavy atom. The van der Waals surface area contributed by atoms with Gasteiger partial charge in [0, 0.05) is 21.3 Å². The number of cyclic esters (lactones) is 1. The SMILES string of the molecule is O=C1C=C[C@@H]([C@H](Nc2ccc(Cl)cc2)c2cccc(Br)c2)O1. The average Bonchev–Trinajstić information content (AvgIpc) is 2.93. The predicted octanol–water partition coefficient (Wildman–Crippen LogP) is 4.74. The molecule has 2 aromatic rings. The molecule has 1 aliphatic rings. The van der Waals surface area contributed by atoms with Crippen molar-refractivity contribution < 1.29 is 9.53 Å². The van der Waals surface area contributed by atoms with Crippen molar-refractivity contribution in [2.24, 2.45) is 0 Å². The summed E-state index contributed by atoms with van der Waals surface area (Å²) < 4.78 is 6.33. The molecule has 3 rings (SSSR count). The largest absolute Gasteiger partial charge is 0.452 e. The summed E-state index contributed by atoms with van der Waals surface area (Å²) in [5.74, 6) is -0.317. The van der Waals surface area contributed by atoms with E-state index in [1.54, 1.807) is 6.08 Å². The zero-order valence-corrected chi connectivity index (χ0v) is 13.8. The van der Waals surface area contributed by atoms with Crippen molar-refractivity contribution in [2.45, 2.75) is 12.1 Å². The van der Waals surface area contributed by atoms with Crippen LogP contribution in [0.3, 0.4) is 0 Å². The summed E-state index contributed by atoms with van der Waals surface area (Å²) in [5.41, 5.74) is 1.93. The molecule has 0 bridgehead atoms. The Balaban J connectivity index is 1.90. The highest BCUT2D eigenvalue weighted by Crippen LogP contribution is 2.29. The molecule has 5 heteroatoms. The highest BCUT2D eigenvalue weighted by molar-refractivity contribution is 9.10. The third-order valence-electron chi connectivity index (χ3n) is 3.38. The zero-order valence-electron chi connectivity index (χ0n) is 11.5. The second-order valence-electron chi connectivity index (χ2n) is 4.94. The molecule has 0 amide bonds. The van der Waals surface area contributed by atoms with Gasteiger partial charge in [-0.05, 0) is 48.0 Å². The average molecular weight is 379 g/mol. The van der Waals surface area contributed by atoms with Gasteiger partial charge in [0.05, 0.1) is 6.04 Å². The zero-order chi connectivity index (χ0) is 15.5. The molecule has 0 spiro atoms. The van der Waals surface area contributed by atoms with E-state index in [9.17, 15) is 4.79 Å². The molecule has 2 aromatic carbocycles. The Bertz CT molecular complexity index is 715. The summed E-state index contributed by atoms with van der Waals surface area (Å²) in [6, 6.07) is 15.2. The van der Waals surface area contributed by atoms with Gasteiger partial charge < -0.3 is 10.1 Å². The Morgan fingerprint density at radius 2 is 1.95 bits per heavy atom. The van der Waals surface area contributed by atoms with Crippen molar-refractivity contribution in [3.8, 4) is 0 Å². The molecular weight excluding hydrogens is 366 g/mol. The molecule has 3 nitrogen and oxygen atoms in total. The Labute approximate surface area is 142 Å². The third kappa shape index (κ3) is 3.51. The standard InChI is InChI=1S/C17H13BrClNO2/c18-12-3-1-2-11(10-12)17(15-8-9-16(21)22-15)20-14-6-4-13(19)5-7-14/h1-10,15,17,20H/t15-,17+/m0/s1. The van der Waals surface area contributed by atoms with Crippen LogP contribution in [0.15, 0.2) is 65.2 Å². The Kier molecular flexibility index (Phi) is 4.50. The fraction of sp³-hybridized carbons (Fsp3) is 0.118. The molecular formula is C17H13BrClNO2. The first-order valence-corrected chi connectivity index (χ1v) is 7.95. The normalized spacial score (nSPS) is 18.1.